The molecule has 30 heavy (non-hydrogen) atoms. The Morgan fingerprint density at radius 1 is 0.233 bits per heavy atom. The van der Waals surface area contributed by atoms with Crippen molar-refractivity contribution in [3.05, 3.63) is 0 Å². The summed E-state index contributed by atoms with van der Waals surface area (Å²) >= 11 is 0. The van der Waals surface area contributed by atoms with Gasteiger partial charge < -0.3 is 0 Å². The van der Waals surface area contributed by atoms with E-state index in [9.17, 15) is 0 Å². The van der Waals surface area contributed by atoms with E-state index in [-0.39, 0.29) is 0 Å². The lowest BCUT2D eigenvalue weighted by molar-refractivity contribution is 0.397. The molecule has 0 heteroatoms. The van der Waals surface area contributed by atoms with E-state index < -0.39 is 0 Å². The third kappa shape index (κ3) is 90.7. The Hall–Kier alpha value is 0. The van der Waals surface area contributed by atoms with Gasteiger partial charge in [-0.05, 0) is 27.1 Å². The van der Waals surface area contributed by atoms with Crippen LogP contribution >= 0.6 is 0 Å². The fraction of sp³-hybridized carbons (Fsp3) is 1.00. The van der Waals surface area contributed by atoms with E-state index >= 15 is 0 Å². The second-order valence-corrected chi connectivity index (χ2v) is 14.6. The molecule has 0 amide bonds. The fourth-order valence-electron chi connectivity index (χ4n) is 0. The second-order valence-electron chi connectivity index (χ2n) is 14.6. The van der Waals surface area contributed by atoms with Crippen molar-refractivity contribution in [3.8, 4) is 0 Å². The minimum Gasteiger partial charge on any atom is -0.0649 e. The van der Waals surface area contributed by atoms with Crippen LogP contribution in [-0.4, -0.2) is 0 Å². The molecule has 0 aliphatic carbocycles. The monoisotopic (exact) mass is 431 g/mol. The van der Waals surface area contributed by atoms with Gasteiger partial charge in [-0.1, -0.05) is 171 Å². The summed E-state index contributed by atoms with van der Waals surface area (Å²) in [5.74, 6) is 0. The van der Waals surface area contributed by atoms with Crippen LogP contribution in [-0.2, 0) is 0 Å². The molecule has 0 aromatic heterocycles. The van der Waals surface area contributed by atoms with Crippen molar-refractivity contribution in [2.45, 2.75) is 171 Å². The molecule has 0 radical (unpaired) electrons. The molecule has 190 valence electrons. The van der Waals surface area contributed by atoms with Crippen LogP contribution in [0.15, 0.2) is 0 Å². The SMILES string of the molecule is CCC(C)(C)C.CCC(C)(C)C.CCC(C)(C)C.CCC(C)(C)C.CCC(C)(C)C. The molecular weight excluding hydrogens is 360 g/mol. The van der Waals surface area contributed by atoms with Gasteiger partial charge in [-0.25, -0.2) is 0 Å². The molecule has 0 N–H and O–H groups in total. The molecule has 0 bridgehead atoms. The molecule has 0 aliphatic heterocycles. The summed E-state index contributed by atoms with van der Waals surface area (Å²) in [7, 11) is 0. The summed E-state index contributed by atoms with van der Waals surface area (Å²) < 4.78 is 0. The number of hydrogen-bond donors (Lipinski definition) is 0. The molecule has 0 atom stereocenters. The zero-order valence-corrected chi connectivity index (χ0v) is 26.0. The molecule has 0 unspecified atom stereocenters. The number of rotatable bonds is 0. The molecule has 0 aromatic rings. The highest BCUT2D eigenvalue weighted by Crippen LogP contribution is 2.18. The lowest BCUT2D eigenvalue weighted by atomic mass is 9.94. The molecule has 0 aliphatic rings. The Balaban J connectivity index is -0.0000000868. The summed E-state index contributed by atoms with van der Waals surface area (Å²) in [5, 5.41) is 0. The highest BCUT2D eigenvalue weighted by molar-refractivity contribution is 4.57. The van der Waals surface area contributed by atoms with Gasteiger partial charge in [0.1, 0.15) is 0 Å². The predicted molar refractivity (Wildman–Crippen MR) is 149 cm³/mol. The maximum absolute atomic E-state index is 2.24. The van der Waals surface area contributed by atoms with Gasteiger partial charge in [-0.2, -0.15) is 0 Å². The molecule has 0 spiro atoms. The Morgan fingerprint density at radius 2 is 0.267 bits per heavy atom. The second kappa shape index (κ2) is 18.6. The van der Waals surface area contributed by atoms with Crippen molar-refractivity contribution in [2.24, 2.45) is 27.1 Å². The van der Waals surface area contributed by atoms with Gasteiger partial charge in [0.2, 0.25) is 0 Å². The van der Waals surface area contributed by atoms with E-state index in [0.717, 1.165) is 0 Å². The smallest absolute Gasteiger partial charge is 0.0385 e. The lowest BCUT2D eigenvalue weighted by Crippen LogP contribution is -2.00. The first kappa shape index (κ1) is 40.4. The zero-order valence-electron chi connectivity index (χ0n) is 26.0. The average Bonchev–Trinajstić information content (AvgIpc) is 2.54. The van der Waals surface area contributed by atoms with E-state index in [4.69, 9.17) is 0 Å². The van der Waals surface area contributed by atoms with E-state index in [1.807, 2.05) is 0 Å². The zero-order chi connectivity index (χ0) is 26.0. The van der Waals surface area contributed by atoms with Crippen LogP contribution in [0.1, 0.15) is 171 Å². The minimum atomic E-state index is 0.542. The third-order valence-electron chi connectivity index (χ3n) is 5.30. The third-order valence-corrected chi connectivity index (χ3v) is 5.30. The van der Waals surface area contributed by atoms with Gasteiger partial charge in [0.05, 0.1) is 0 Å². The summed E-state index contributed by atoms with van der Waals surface area (Å²) in [6.45, 7) is 44.7. The maximum atomic E-state index is 2.24. The first-order valence-corrected chi connectivity index (χ1v) is 12.8. The lowest BCUT2D eigenvalue weighted by Gasteiger charge is -2.12. The van der Waals surface area contributed by atoms with Crippen LogP contribution in [0.4, 0.5) is 0 Å². The van der Waals surface area contributed by atoms with Crippen molar-refractivity contribution in [1.82, 2.24) is 0 Å². The van der Waals surface area contributed by atoms with Gasteiger partial charge in [-0.15, -0.1) is 0 Å². The first-order valence-electron chi connectivity index (χ1n) is 12.8. The van der Waals surface area contributed by atoms with Gasteiger partial charge in [0.15, 0.2) is 0 Å². The average molecular weight is 431 g/mol. The van der Waals surface area contributed by atoms with Crippen LogP contribution in [0.5, 0.6) is 0 Å². The first-order chi connectivity index (χ1) is 12.8. The van der Waals surface area contributed by atoms with Crippen LogP contribution in [0.3, 0.4) is 0 Å². The molecule has 0 saturated carbocycles. The maximum Gasteiger partial charge on any atom is -0.0385 e. The van der Waals surface area contributed by atoms with E-state index in [1.165, 1.54) is 32.1 Å². The molecule has 0 fully saturated rings. The van der Waals surface area contributed by atoms with Crippen molar-refractivity contribution >= 4 is 0 Å². The Morgan fingerprint density at radius 3 is 0.267 bits per heavy atom. The largest absolute Gasteiger partial charge is 0.0649 e. The van der Waals surface area contributed by atoms with E-state index in [2.05, 4.69) is 138 Å². The van der Waals surface area contributed by atoms with Gasteiger partial charge >= 0.3 is 0 Å². The van der Waals surface area contributed by atoms with Crippen LogP contribution in [0.2, 0.25) is 0 Å². The molecule has 0 nitrogen and oxygen atoms in total. The van der Waals surface area contributed by atoms with Gasteiger partial charge in [0, 0.05) is 0 Å². The summed E-state index contributed by atoms with van der Waals surface area (Å²) in [6.07, 6.45) is 6.35. The quantitative estimate of drug-likeness (QED) is 0.358. The molecule has 0 aromatic carbocycles. The van der Waals surface area contributed by atoms with Crippen molar-refractivity contribution < 1.29 is 0 Å². The van der Waals surface area contributed by atoms with Crippen LogP contribution in [0.25, 0.3) is 0 Å². The Kier molecular flexibility index (Phi) is 25.0. The van der Waals surface area contributed by atoms with Crippen LogP contribution < -0.4 is 0 Å². The molecule has 0 rings (SSSR count). The fourth-order valence-corrected chi connectivity index (χ4v) is 0. The predicted octanol–water partition coefficient (Wildman–Crippen LogP) is 12.2. The van der Waals surface area contributed by atoms with Crippen molar-refractivity contribution in [2.75, 3.05) is 0 Å². The summed E-state index contributed by atoms with van der Waals surface area (Å²) in [5.41, 5.74) is 2.71. The minimum absolute atomic E-state index is 0.542. The van der Waals surface area contributed by atoms with E-state index in [1.54, 1.807) is 0 Å². The topological polar surface area (TPSA) is 0 Å². The summed E-state index contributed by atoms with van der Waals surface area (Å²) in [4.78, 5) is 0. The van der Waals surface area contributed by atoms with Crippen molar-refractivity contribution in [1.29, 1.82) is 0 Å². The Bertz CT molecular complexity index is 230. The van der Waals surface area contributed by atoms with Crippen molar-refractivity contribution in [3.63, 3.8) is 0 Å². The molecular formula is C30H70. The standard InChI is InChI=1S/5C6H14/c5*1-5-6(2,3)4/h5*5H2,1-4H3. The number of hydrogen-bond acceptors (Lipinski definition) is 0. The highest BCUT2D eigenvalue weighted by atomic mass is 14.1. The summed E-state index contributed by atoms with van der Waals surface area (Å²) in [6, 6.07) is 0. The molecule has 0 heterocycles. The van der Waals surface area contributed by atoms with Gasteiger partial charge in [0.25, 0.3) is 0 Å². The Labute approximate surface area is 197 Å². The highest BCUT2D eigenvalue weighted by Gasteiger charge is 2.05. The van der Waals surface area contributed by atoms with Gasteiger partial charge in [-0.3, -0.25) is 0 Å². The molecule has 0 saturated heterocycles. The normalized spacial score (nSPS) is 12.0. The van der Waals surface area contributed by atoms with E-state index in [0.29, 0.717) is 27.1 Å². The van der Waals surface area contributed by atoms with Crippen LogP contribution in [0, 0.1) is 27.1 Å².